The largest absolute Gasteiger partial charge is 0.423 e. The molecule has 0 saturated heterocycles. The summed E-state index contributed by atoms with van der Waals surface area (Å²) < 4.78 is 58.9. The van der Waals surface area contributed by atoms with Crippen molar-refractivity contribution in [2.45, 2.75) is 44.4 Å². The summed E-state index contributed by atoms with van der Waals surface area (Å²) in [6.07, 6.45) is -6.68. The van der Waals surface area contributed by atoms with Gasteiger partial charge in [-0.15, -0.1) is 0 Å². The van der Waals surface area contributed by atoms with Gasteiger partial charge in [-0.1, -0.05) is 17.3 Å². The fourth-order valence-electron chi connectivity index (χ4n) is 4.34. The van der Waals surface area contributed by atoms with Crippen molar-refractivity contribution in [2.24, 2.45) is 0 Å². The molecule has 10 heteroatoms. The van der Waals surface area contributed by atoms with Crippen molar-refractivity contribution in [3.8, 4) is 0 Å². The molecule has 0 radical (unpaired) electrons. The number of anilines is 1. The second-order valence-corrected chi connectivity index (χ2v) is 8.08. The highest BCUT2D eigenvalue weighted by atomic mass is 19.4. The van der Waals surface area contributed by atoms with Crippen LogP contribution in [0.15, 0.2) is 45.7 Å². The first-order valence-corrected chi connectivity index (χ1v) is 10.3. The highest BCUT2D eigenvalue weighted by Gasteiger charge is 2.46. The molecule has 1 aliphatic rings. The zero-order valence-corrected chi connectivity index (χ0v) is 17.5. The van der Waals surface area contributed by atoms with Crippen LogP contribution in [-0.2, 0) is 11.2 Å². The molecule has 0 bridgehead atoms. The van der Waals surface area contributed by atoms with Crippen molar-refractivity contribution in [1.82, 2.24) is 5.16 Å². The van der Waals surface area contributed by atoms with Gasteiger partial charge in [0.1, 0.15) is 5.82 Å². The second-order valence-electron chi connectivity index (χ2n) is 8.08. The molecule has 0 aliphatic heterocycles. The molecule has 0 spiro atoms. The first-order chi connectivity index (χ1) is 15.6. The van der Waals surface area contributed by atoms with Gasteiger partial charge in [0, 0.05) is 23.5 Å². The Labute approximate surface area is 185 Å². The minimum atomic E-state index is -5.18. The average Bonchev–Trinajstić information content (AvgIpc) is 2.78. The molecule has 33 heavy (non-hydrogen) atoms. The van der Waals surface area contributed by atoms with E-state index < -0.39 is 35.5 Å². The molecule has 1 aromatic heterocycles. The molecule has 1 aliphatic carbocycles. The van der Waals surface area contributed by atoms with Crippen LogP contribution in [0.3, 0.4) is 0 Å². The topological polar surface area (TPSA) is 83.6 Å². The van der Waals surface area contributed by atoms with Crippen molar-refractivity contribution in [3.05, 3.63) is 69.5 Å². The van der Waals surface area contributed by atoms with Gasteiger partial charge in [0.15, 0.2) is 0 Å². The predicted octanol–water partition coefficient (Wildman–Crippen LogP) is 4.01. The number of rotatable bonds is 4. The normalized spacial score (nSPS) is 17.0. The molecule has 4 rings (SSSR count). The maximum atomic E-state index is 14.6. The van der Waals surface area contributed by atoms with E-state index >= 15 is 0 Å². The summed E-state index contributed by atoms with van der Waals surface area (Å²) in [6.45, 7) is 1.26. The van der Waals surface area contributed by atoms with Crippen LogP contribution < -0.4 is 10.5 Å². The van der Waals surface area contributed by atoms with E-state index in [1.165, 1.54) is 24.3 Å². The van der Waals surface area contributed by atoms with Crippen molar-refractivity contribution >= 4 is 22.4 Å². The van der Waals surface area contributed by atoms with E-state index in [9.17, 15) is 32.3 Å². The zero-order chi connectivity index (χ0) is 23.9. The molecular formula is C23H20F4N2O4. The summed E-state index contributed by atoms with van der Waals surface area (Å²) in [6, 6.07) is 8.56. The lowest BCUT2D eigenvalue weighted by atomic mass is 9.82. The Morgan fingerprint density at radius 3 is 2.76 bits per heavy atom. The lowest BCUT2D eigenvalue weighted by Gasteiger charge is -2.33. The quantitative estimate of drug-likeness (QED) is 0.590. The second kappa shape index (κ2) is 8.58. The van der Waals surface area contributed by atoms with Gasteiger partial charge in [0.25, 0.3) is 5.91 Å². The summed E-state index contributed by atoms with van der Waals surface area (Å²) in [4.78, 5) is 25.6. The van der Waals surface area contributed by atoms with Crippen molar-refractivity contribution in [1.29, 1.82) is 0 Å². The molecule has 1 N–H and O–H groups in total. The maximum absolute atomic E-state index is 14.6. The van der Waals surface area contributed by atoms with Gasteiger partial charge in [0.2, 0.25) is 6.10 Å². The highest BCUT2D eigenvalue weighted by Crippen LogP contribution is 2.36. The number of hydrogen-bond donors (Lipinski definition) is 1. The fourth-order valence-corrected chi connectivity index (χ4v) is 4.34. The minimum Gasteiger partial charge on any atom is -0.376 e. The number of aromatic nitrogens is 1. The van der Waals surface area contributed by atoms with Gasteiger partial charge in [-0.25, -0.2) is 9.18 Å². The van der Waals surface area contributed by atoms with Crippen LogP contribution in [0.2, 0.25) is 0 Å². The Hall–Kier alpha value is -3.27. The minimum absolute atomic E-state index is 0.0229. The Morgan fingerprint density at radius 1 is 1.27 bits per heavy atom. The van der Waals surface area contributed by atoms with Crippen LogP contribution in [0.1, 0.15) is 35.6 Å². The Kier molecular flexibility index (Phi) is 5.96. The third-order valence-electron chi connectivity index (χ3n) is 5.95. The van der Waals surface area contributed by atoms with E-state index in [0.29, 0.717) is 35.9 Å². The molecule has 6 nitrogen and oxygen atoms in total. The van der Waals surface area contributed by atoms with Crippen molar-refractivity contribution in [3.63, 3.8) is 0 Å². The molecular weight excluding hydrogens is 444 g/mol. The molecule has 0 saturated carbocycles. The Morgan fingerprint density at radius 2 is 2.03 bits per heavy atom. The maximum Gasteiger partial charge on any atom is 0.423 e. The van der Waals surface area contributed by atoms with Crippen LogP contribution in [-0.4, -0.2) is 35.0 Å². The summed E-state index contributed by atoms with van der Waals surface area (Å²) in [7, 11) is 0. The van der Waals surface area contributed by atoms with Crippen LogP contribution in [0, 0.1) is 12.7 Å². The number of benzene rings is 2. The average molecular weight is 464 g/mol. The summed E-state index contributed by atoms with van der Waals surface area (Å²) in [5.41, 5.74) is 0.686. The molecule has 2 aromatic carbocycles. The number of aliphatic hydroxyl groups is 1. The Bertz CT molecular complexity index is 1270. The van der Waals surface area contributed by atoms with E-state index in [1.807, 2.05) is 0 Å². The Balaban J connectivity index is 1.81. The zero-order valence-electron chi connectivity index (χ0n) is 17.5. The molecule has 1 unspecified atom stereocenters. The van der Waals surface area contributed by atoms with E-state index in [1.54, 1.807) is 19.1 Å². The summed E-state index contributed by atoms with van der Waals surface area (Å²) >= 11 is 0. The van der Waals surface area contributed by atoms with E-state index in [-0.39, 0.29) is 17.6 Å². The van der Waals surface area contributed by atoms with Gasteiger partial charge in [0.05, 0.1) is 11.1 Å². The number of alkyl halides is 3. The number of fused-ring (bicyclic) bond motifs is 2. The van der Waals surface area contributed by atoms with Crippen LogP contribution in [0.5, 0.6) is 0 Å². The fraction of sp³-hybridized carbons (Fsp3) is 0.348. The number of aryl methyl sites for hydroxylation is 2. The van der Waals surface area contributed by atoms with Gasteiger partial charge >= 0.3 is 11.8 Å². The van der Waals surface area contributed by atoms with Crippen LogP contribution in [0.25, 0.3) is 10.8 Å². The molecule has 174 valence electrons. The number of halogens is 4. The van der Waals surface area contributed by atoms with Crippen LogP contribution in [0.4, 0.5) is 23.2 Å². The number of carbonyl (C=O) groups excluding carboxylic acids is 1. The van der Waals surface area contributed by atoms with Crippen molar-refractivity contribution < 1.29 is 32.0 Å². The van der Waals surface area contributed by atoms with E-state index in [0.717, 1.165) is 10.5 Å². The van der Waals surface area contributed by atoms with Gasteiger partial charge < -0.3 is 14.5 Å². The van der Waals surface area contributed by atoms with Crippen LogP contribution >= 0.6 is 0 Å². The third-order valence-corrected chi connectivity index (χ3v) is 5.95. The number of aliphatic hydroxyl groups excluding tert-OH is 1. The number of carbonyl (C=O) groups is 1. The number of hydrogen-bond acceptors (Lipinski definition) is 5. The predicted molar refractivity (Wildman–Crippen MR) is 112 cm³/mol. The van der Waals surface area contributed by atoms with Crippen molar-refractivity contribution in [2.75, 3.05) is 11.4 Å². The van der Waals surface area contributed by atoms with E-state index in [4.69, 9.17) is 0 Å². The molecule has 1 heterocycles. The lowest BCUT2D eigenvalue weighted by molar-refractivity contribution is -0.203. The van der Waals surface area contributed by atoms with Gasteiger partial charge in [-0.2, -0.15) is 13.2 Å². The van der Waals surface area contributed by atoms with Gasteiger partial charge in [-0.3, -0.25) is 4.79 Å². The number of nitrogens with zero attached hydrogens (tertiary/aromatic N) is 2. The number of amides is 1. The third kappa shape index (κ3) is 4.35. The highest BCUT2D eigenvalue weighted by molar-refractivity contribution is 5.99. The first-order valence-electron chi connectivity index (χ1n) is 10.3. The SMILES string of the molecule is Cc1noc(=O)c2ccc(N(CC3CCCc4cccc(F)c43)C(=O)[C@@H](O)C(F)(F)F)cc12. The molecule has 0 fully saturated rings. The molecule has 1 amide bonds. The van der Waals surface area contributed by atoms with E-state index in [2.05, 4.69) is 9.68 Å². The standard InChI is InChI=1S/C23H20F4N2O4/c1-12-17-10-15(8-9-16(17)22(32)33-28-12)29(21(31)20(30)23(25,26)27)11-14-6-2-4-13-5-3-7-18(24)19(13)14/h3,5,7-10,14,20,30H,2,4,6,11H2,1H3/t14?,20-/m1/s1. The smallest absolute Gasteiger partial charge is 0.376 e. The lowest BCUT2D eigenvalue weighted by Crippen LogP contribution is -2.48. The van der Waals surface area contributed by atoms with Gasteiger partial charge in [-0.05, 0) is 61.6 Å². The summed E-state index contributed by atoms with van der Waals surface area (Å²) in [5.74, 6) is -2.65. The first kappa shape index (κ1) is 22.9. The summed E-state index contributed by atoms with van der Waals surface area (Å²) in [5, 5.41) is 13.8. The monoisotopic (exact) mass is 464 g/mol. The molecule has 2 atom stereocenters. The molecule has 3 aromatic rings.